The quantitative estimate of drug-likeness (QED) is 0.862. The SMILES string of the molecule is COc1ccccc1C(=O)NCCN1CCN(c2ccc(F)cc2)CC1. The van der Waals surface area contributed by atoms with Crippen molar-refractivity contribution in [2.75, 3.05) is 51.3 Å². The average molecular weight is 357 g/mol. The van der Waals surface area contributed by atoms with Crippen molar-refractivity contribution in [3.8, 4) is 5.75 Å². The number of methoxy groups -OCH3 is 1. The Kier molecular flexibility index (Phi) is 6.07. The smallest absolute Gasteiger partial charge is 0.255 e. The summed E-state index contributed by atoms with van der Waals surface area (Å²) in [4.78, 5) is 16.9. The topological polar surface area (TPSA) is 44.8 Å². The van der Waals surface area contributed by atoms with Crippen LogP contribution in [0.4, 0.5) is 10.1 Å². The molecule has 26 heavy (non-hydrogen) atoms. The molecule has 1 N–H and O–H groups in total. The lowest BCUT2D eigenvalue weighted by Crippen LogP contribution is -2.48. The zero-order chi connectivity index (χ0) is 18.4. The van der Waals surface area contributed by atoms with Crippen molar-refractivity contribution in [2.24, 2.45) is 0 Å². The second-order valence-corrected chi connectivity index (χ2v) is 6.26. The van der Waals surface area contributed by atoms with Gasteiger partial charge in [0.15, 0.2) is 0 Å². The first-order valence-corrected chi connectivity index (χ1v) is 8.81. The summed E-state index contributed by atoms with van der Waals surface area (Å²) in [6, 6.07) is 13.8. The Morgan fingerprint density at radius 3 is 2.46 bits per heavy atom. The lowest BCUT2D eigenvalue weighted by Gasteiger charge is -2.36. The molecule has 0 radical (unpaired) electrons. The van der Waals surface area contributed by atoms with E-state index in [1.807, 2.05) is 24.3 Å². The van der Waals surface area contributed by atoms with Gasteiger partial charge in [0.1, 0.15) is 11.6 Å². The third-order valence-electron chi connectivity index (χ3n) is 4.63. The fraction of sp³-hybridized carbons (Fsp3) is 0.350. The van der Waals surface area contributed by atoms with E-state index in [0.29, 0.717) is 17.9 Å². The van der Waals surface area contributed by atoms with Crippen LogP contribution in [0.3, 0.4) is 0 Å². The van der Waals surface area contributed by atoms with Crippen LogP contribution in [-0.2, 0) is 0 Å². The maximum atomic E-state index is 13.0. The molecule has 3 rings (SSSR count). The Morgan fingerprint density at radius 1 is 1.08 bits per heavy atom. The van der Waals surface area contributed by atoms with E-state index in [-0.39, 0.29) is 11.7 Å². The highest BCUT2D eigenvalue weighted by Gasteiger charge is 2.17. The molecule has 0 aliphatic carbocycles. The Labute approximate surface area is 153 Å². The Hall–Kier alpha value is -2.60. The number of anilines is 1. The van der Waals surface area contributed by atoms with Gasteiger partial charge in [-0.05, 0) is 36.4 Å². The molecule has 0 spiro atoms. The van der Waals surface area contributed by atoms with Crippen molar-refractivity contribution in [1.82, 2.24) is 10.2 Å². The summed E-state index contributed by atoms with van der Waals surface area (Å²) in [6.07, 6.45) is 0. The van der Waals surface area contributed by atoms with Crippen LogP contribution < -0.4 is 15.0 Å². The van der Waals surface area contributed by atoms with Crippen LogP contribution in [0.2, 0.25) is 0 Å². The van der Waals surface area contributed by atoms with Gasteiger partial charge in [-0.15, -0.1) is 0 Å². The minimum absolute atomic E-state index is 0.118. The van der Waals surface area contributed by atoms with Crippen LogP contribution in [0.15, 0.2) is 48.5 Å². The molecular weight excluding hydrogens is 333 g/mol. The predicted octanol–water partition coefficient (Wildman–Crippen LogP) is 2.39. The molecule has 0 unspecified atom stereocenters. The van der Waals surface area contributed by atoms with Crippen molar-refractivity contribution in [2.45, 2.75) is 0 Å². The highest BCUT2D eigenvalue weighted by atomic mass is 19.1. The predicted molar refractivity (Wildman–Crippen MR) is 100 cm³/mol. The second-order valence-electron chi connectivity index (χ2n) is 6.26. The number of nitrogens with one attached hydrogen (secondary N) is 1. The summed E-state index contributed by atoms with van der Waals surface area (Å²) < 4.78 is 18.2. The van der Waals surface area contributed by atoms with Gasteiger partial charge in [-0.3, -0.25) is 9.69 Å². The molecule has 0 saturated carbocycles. The Morgan fingerprint density at radius 2 is 1.77 bits per heavy atom. The van der Waals surface area contributed by atoms with E-state index in [0.717, 1.165) is 38.4 Å². The molecule has 1 aliphatic rings. The third kappa shape index (κ3) is 4.52. The molecule has 1 saturated heterocycles. The molecule has 0 bridgehead atoms. The van der Waals surface area contributed by atoms with E-state index >= 15 is 0 Å². The first kappa shape index (κ1) is 18.2. The van der Waals surface area contributed by atoms with Gasteiger partial charge in [-0.25, -0.2) is 4.39 Å². The lowest BCUT2D eigenvalue weighted by atomic mass is 10.2. The van der Waals surface area contributed by atoms with E-state index < -0.39 is 0 Å². The number of hydrogen-bond acceptors (Lipinski definition) is 4. The maximum Gasteiger partial charge on any atom is 0.255 e. The summed E-state index contributed by atoms with van der Waals surface area (Å²) in [5.41, 5.74) is 1.60. The van der Waals surface area contributed by atoms with E-state index in [2.05, 4.69) is 15.1 Å². The number of benzene rings is 2. The van der Waals surface area contributed by atoms with Crippen LogP contribution in [0.25, 0.3) is 0 Å². The van der Waals surface area contributed by atoms with Crippen molar-refractivity contribution >= 4 is 11.6 Å². The van der Waals surface area contributed by atoms with Gasteiger partial charge in [0, 0.05) is 45.0 Å². The van der Waals surface area contributed by atoms with Gasteiger partial charge in [0.2, 0.25) is 0 Å². The van der Waals surface area contributed by atoms with Crippen molar-refractivity contribution < 1.29 is 13.9 Å². The molecule has 5 nitrogen and oxygen atoms in total. The zero-order valence-corrected chi connectivity index (χ0v) is 15.0. The van der Waals surface area contributed by atoms with Gasteiger partial charge in [0.05, 0.1) is 12.7 Å². The number of nitrogens with zero attached hydrogens (tertiary/aromatic N) is 2. The molecular formula is C20H24FN3O2. The molecule has 2 aromatic rings. The normalized spacial score (nSPS) is 14.9. The molecule has 0 aromatic heterocycles. The first-order chi connectivity index (χ1) is 12.7. The number of para-hydroxylation sites is 1. The number of ether oxygens (including phenoxy) is 1. The van der Waals surface area contributed by atoms with Gasteiger partial charge in [0.25, 0.3) is 5.91 Å². The zero-order valence-electron chi connectivity index (χ0n) is 15.0. The molecule has 138 valence electrons. The molecule has 6 heteroatoms. The van der Waals surface area contributed by atoms with E-state index in [9.17, 15) is 9.18 Å². The van der Waals surface area contributed by atoms with Gasteiger partial charge in [-0.2, -0.15) is 0 Å². The molecule has 1 heterocycles. The molecule has 0 atom stereocenters. The first-order valence-electron chi connectivity index (χ1n) is 8.81. The fourth-order valence-corrected chi connectivity index (χ4v) is 3.14. The summed E-state index contributed by atoms with van der Waals surface area (Å²) in [5.74, 6) is 0.253. The number of piperazine rings is 1. The monoisotopic (exact) mass is 357 g/mol. The molecule has 1 amide bonds. The van der Waals surface area contributed by atoms with Crippen LogP contribution in [0.5, 0.6) is 5.75 Å². The van der Waals surface area contributed by atoms with E-state index in [4.69, 9.17) is 4.74 Å². The summed E-state index contributed by atoms with van der Waals surface area (Å²) in [6.45, 7) is 5.02. The van der Waals surface area contributed by atoms with Crippen LogP contribution in [-0.4, -0.2) is 57.2 Å². The number of hydrogen-bond donors (Lipinski definition) is 1. The van der Waals surface area contributed by atoms with Crippen LogP contribution in [0.1, 0.15) is 10.4 Å². The minimum Gasteiger partial charge on any atom is -0.496 e. The second kappa shape index (κ2) is 8.67. The van der Waals surface area contributed by atoms with Crippen LogP contribution in [0, 0.1) is 5.82 Å². The average Bonchev–Trinajstić information content (AvgIpc) is 2.69. The summed E-state index contributed by atoms with van der Waals surface area (Å²) in [5, 5.41) is 2.95. The minimum atomic E-state index is -0.210. The number of halogens is 1. The standard InChI is InChI=1S/C20H24FN3O2/c1-26-19-5-3-2-4-18(19)20(25)22-10-11-23-12-14-24(15-13-23)17-8-6-16(21)7-9-17/h2-9H,10-15H2,1H3,(H,22,25). The van der Waals surface area contributed by atoms with Gasteiger partial charge >= 0.3 is 0 Å². The number of carbonyl (C=O) groups is 1. The summed E-state index contributed by atoms with van der Waals surface area (Å²) >= 11 is 0. The highest BCUT2D eigenvalue weighted by Crippen LogP contribution is 2.18. The number of amides is 1. The molecule has 1 aliphatic heterocycles. The van der Waals surface area contributed by atoms with E-state index in [1.54, 1.807) is 19.2 Å². The van der Waals surface area contributed by atoms with Crippen molar-refractivity contribution in [3.63, 3.8) is 0 Å². The fourth-order valence-electron chi connectivity index (χ4n) is 3.14. The third-order valence-corrected chi connectivity index (χ3v) is 4.63. The molecule has 1 fully saturated rings. The van der Waals surface area contributed by atoms with Gasteiger partial charge in [-0.1, -0.05) is 12.1 Å². The number of rotatable bonds is 6. The molecule has 2 aromatic carbocycles. The lowest BCUT2D eigenvalue weighted by molar-refractivity contribution is 0.0944. The van der Waals surface area contributed by atoms with Crippen molar-refractivity contribution in [1.29, 1.82) is 0 Å². The highest BCUT2D eigenvalue weighted by molar-refractivity contribution is 5.96. The summed E-state index contributed by atoms with van der Waals surface area (Å²) in [7, 11) is 1.56. The van der Waals surface area contributed by atoms with Crippen LogP contribution >= 0.6 is 0 Å². The maximum absolute atomic E-state index is 13.0. The largest absolute Gasteiger partial charge is 0.496 e. The Balaban J connectivity index is 1.42. The van der Waals surface area contributed by atoms with Crippen molar-refractivity contribution in [3.05, 3.63) is 59.9 Å². The number of carbonyl (C=O) groups excluding carboxylic acids is 1. The van der Waals surface area contributed by atoms with E-state index in [1.165, 1.54) is 12.1 Å². The Bertz CT molecular complexity index is 728. The van der Waals surface area contributed by atoms with Gasteiger partial charge < -0.3 is 15.0 Å².